The molecule has 9 heteroatoms. The number of amides is 1. The second-order valence-electron chi connectivity index (χ2n) is 6.09. The number of sulfone groups is 1. The maximum atomic E-state index is 13.1. The number of benzene rings is 2. The average Bonchev–Trinajstić information content (AvgIpc) is 2.60. The van der Waals surface area contributed by atoms with Crippen molar-refractivity contribution in [1.82, 2.24) is 10.2 Å². The van der Waals surface area contributed by atoms with E-state index < -0.39 is 25.6 Å². The minimum Gasteiger partial charge on any atom is -0.335 e. The van der Waals surface area contributed by atoms with E-state index in [0.29, 0.717) is 5.02 Å². The van der Waals surface area contributed by atoms with Crippen LogP contribution in [0.25, 0.3) is 0 Å². The van der Waals surface area contributed by atoms with Crippen LogP contribution in [0.15, 0.2) is 59.5 Å². The lowest BCUT2D eigenvalue weighted by Gasteiger charge is -2.35. The molecule has 0 fully saturated rings. The molecule has 2 rings (SSSR count). The van der Waals surface area contributed by atoms with Crippen LogP contribution in [0, 0.1) is 0 Å². The normalized spacial score (nSPS) is 13.4. The molecule has 27 heavy (non-hydrogen) atoms. The monoisotopic (exact) mass is 448 g/mol. The van der Waals surface area contributed by atoms with Crippen LogP contribution in [0.5, 0.6) is 0 Å². The first-order valence-corrected chi connectivity index (χ1v) is 10.6. The molecule has 2 aromatic rings. The van der Waals surface area contributed by atoms with Gasteiger partial charge in [0.1, 0.15) is 0 Å². The van der Waals surface area contributed by atoms with E-state index in [2.05, 4.69) is 5.32 Å². The summed E-state index contributed by atoms with van der Waals surface area (Å²) in [5.41, 5.74) is 0.734. The number of carbonyl (C=O) groups is 1. The molecular formula is C18H19Cl3N2O3S. The highest BCUT2D eigenvalue weighted by molar-refractivity contribution is 7.92. The van der Waals surface area contributed by atoms with Crippen LogP contribution >= 0.6 is 34.8 Å². The fourth-order valence-corrected chi connectivity index (χ4v) is 4.92. The second-order valence-corrected chi connectivity index (χ2v) is 9.91. The molecule has 1 amide bonds. The third-order valence-electron chi connectivity index (χ3n) is 3.86. The van der Waals surface area contributed by atoms with Gasteiger partial charge in [-0.15, -0.1) is 0 Å². The molecule has 0 bridgehead atoms. The van der Waals surface area contributed by atoms with Crippen LogP contribution in [-0.2, 0) is 21.1 Å². The Morgan fingerprint density at radius 2 is 1.63 bits per heavy atom. The Labute approximate surface area is 174 Å². The van der Waals surface area contributed by atoms with Gasteiger partial charge in [0, 0.05) is 5.02 Å². The smallest absolute Gasteiger partial charge is 0.225 e. The van der Waals surface area contributed by atoms with Crippen LogP contribution in [0.2, 0.25) is 5.02 Å². The fourth-order valence-electron chi connectivity index (χ4n) is 2.32. The Morgan fingerprint density at radius 3 is 2.15 bits per heavy atom. The molecule has 0 spiro atoms. The maximum absolute atomic E-state index is 13.1. The van der Waals surface area contributed by atoms with Gasteiger partial charge in [-0.3, -0.25) is 9.69 Å². The quantitative estimate of drug-likeness (QED) is 0.519. The number of hydrogen-bond acceptors (Lipinski definition) is 4. The van der Waals surface area contributed by atoms with E-state index in [4.69, 9.17) is 34.8 Å². The summed E-state index contributed by atoms with van der Waals surface area (Å²) in [4.78, 5) is 13.8. The molecule has 2 aromatic carbocycles. The number of halogens is 3. The van der Waals surface area contributed by atoms with E-state index in [0.717, 1.165) is 5.56 Å². The summed E-state index contributed by atoms with van der Waals surface area (Å²) >= 11 is 18.5. The zero-order valence-corrected chi connectivity index (χ0v) is 17.8. The molecule has 0 saturated carbocycles. The van der Waals surface area contributed by atoms with Crippen molar-refractivity contribution < 1.29 is 13.2 Å². The zero-order chi connectivity index (χ0) is 20.2. The summed E-state index contributed by atoms with van der Waals surface area (Å²) in [6.07, 6.45) is -0.00916. The minimum absolute atomic E-state index is 0.00916. The van der Waals surface area contributed by atoms with Crippen LogP contribution in [0.4, 0.5) is 0 Å². The van der Waals surface area contributed by atoms with Crippen molar-refractivity contribution in [1.29, 1.82) is 0 Å². The lowest BCUT2D eigenvalue weighted by atomic mass is 10.1. The molecule has 1 N–H and O–H groups in total. The van der Waals surface area contributed by atoms with Crippen LogP contribution in [-0.4, -0.2) is 43.2 Å². The Balaban J connectivity index is 2.37. The minimum atomic E-state index is -4.10. The Morgan fingerprint density at radius 1 is 1.07 bits per heavy atom. The van der Waals surface area contributed by atoms with Crippen LogP contribution in [0.3, 0.4) is 0 Å². The van der Waals surface area contributed by atoms with Crippen molar-refractivity contribution in [2.45, 2.75) is 21.1 Å². The van der Waals surface area contributed by atoms with Crippen LogP contribution in [0.1, 0.15) is 5.56 Å². The number of alkyl halides is 2. The number of likely N-dealkylation sites (N-methyl/N-ethyl adjacent to an activating group) is 1. The first-order valence-electron chi connectivity index (χ1n) is 7.93. The third-order valence-corrected chi connectivity index (χ3v) is 7.50. The average molecular weight is 450 g/mol. The molecule has 0 saturated heterocycles. The molecule has 0 aliphatic carbocycles. The Kier molecular flexibility index (Phi) is 7.16. The summed E-state index contributed by atoms with van der Waals surface area (Å²) in [5, 5.41) is 1.26. The van der Waals surface area contributed by atoms with Crippen molar-refractivity contribution in [3.05, 3.63) is 65.2 Å². The van der Waals surface area contributed by atoms with Gasteiger partial charge < -0.3 is 5.32 Å². The predicted molar refractivity (Wildman–Crippen MR) is 109 cm³/mol. The van der Waals surface area contributed by atoms with Crippen molar-refractivity contribution in [2.75, 3.05) is 14.1 Å². The third kappa shape index (κ3) is 5.36. The van der Waals surface area contributed by atoms with Gasteiger partial charge in [-0.1, -0.05) is 65.1 Å². The molecule has 1 atom stereocenters. The van der Waals surface area contributed by atoms with Gasteiger partial charge in [0.25, 0.3) is 0 Å². The molecular weight excluding hydrogens is 431 g/mol. The SMILES string of the molecule is CN(C)C(Cl)(Cl)C(NC(=O)Cc1ccccc1)S(=O)(=O)c1ccc(Cl)cc1. The largest absolute Gasteiger partial charge is 0.335 e. The van der Waals surface area contributed by atoms with Gasteiger partial charge in [0.2, 0.25) is 20.2 Å². The van der Waals surface area contributed by atoms with E-state index in [-0.39, 0.29) is 11.3 Å². The predicted octanol–water partition coefficient (Wildman–Crippen LogP) is 3.49. The zero-order valence-electron chi connectivity index (χ0n) is 14.7. The van der Waals surface area contributed by atoms with Gasteiger partial charge in [0.15, 0.2) is 5.37 Å². The van der Waals surface area contributed by atoms with E-state index in [1.54, 1.807) is 24.3 Å². The summed E-state index contributed by atoms with van der Waals surface area (Å²) in [5.74, 6) is -0.517. The maximum Gasteiger partial charge on any atom is 0.225 e. The van der Waals surface area contributed by atoms with E-state index in [9.17, 15) is 13.2 Å². The van der Waals surface area contributed by atoms with Crippen molar-refractivity contribution in [3.8, 4) is 0 Å². The number of nitrogens with one attached hydrogen (secondary N) is 1. The molecule has 0 radical (unpaired) electrons. The number of nitrogens with zero attached hydrogens (tertiary/aromatic N) is 1. The van der Waals surface area contributed by atoms with Gasteiger partial charge >= 0.3 is 0 Å². The lowest BCUT2D eigenvalue weighted by molar-refractivity contribution is -0.120. The van der Waals surface area contributed by atoms with Crippen LogP contribution < -0.4 is 5.32 Å². The van der Waals surface area contributed by atoms with Crippen molar-refractivity contribution in [3.63, 3.8) is 0 Å². The molecule has 0 aliphatic heterocycles. The van der Waals surface area contributed by atoms with E-state index >= 15 is 0 Å². The molecule has 0 heterocycles. The molecule has 146 valence electrons. The molecule has 0 aromatic heterocycles. The topological polar surface area (TPSA) is 66.5 Å². The highest BCUT2D eigenvalue weighted by atomic mass is 35.5. The fraction of sp³-hybridized carbons (Fsp3) is 0.278. The highest BCUT2D eigenvalue weighted by Crippen LogP contribution is 2.34. The van der Waals surface area contributed by atoms with Crippen molar-refractivity contribution in [2.24, 2.45) is 0 Å². The summed E-state index contributed by atoms with van der Waals surface area (Å²) < 4.78 is 24.4. The number of hydrogen-bond donors (Lipinski definition) is 1. The number of rotatable bonds is 7. The Bertz CT molecular complexity index is 886. The number of carbonyl (C=O) groups excluding carboxylic acids is 1. The molecule has 5 nitrogen and oxygen atoms in total. The van der Waals surface area contributed by atoms with Crippen molar-refractivity contribution >= 4 is 50.5 Å². The lowest BCUT2D eigenvalue weighted by Crippen LogP contribution is -2.57. The summed E-state index contributed by atoms with van der Waals surface area (Å²) in [6, 6.07) is 14.5. The second kappa shape index (κ2) is 8.80. The first kappa shape index (κ1) is 22.0. The van der Waals surface area contributed by atoms with Gasteiger partial charge in [0.05, 0.1) is 11.3 Å². The molecule has 0 aliphatic rings. The summed E-state index contributed by atoms with van der Waals surface area (Å²) in [6.45, 7) is 0. The summed E-state index contributed by atoms with van der Waals surface area (Å²) in [7, 11) is -1.06. The van der Waals surface area contributed by atoms with E-state index in [1.807, 2.05) is 6.07 Å². The van der Waals surface area contributed by atoms with Gasteiger partial charge in [-0.05, 0) is 43.9 Å². The Hall–Kier alpha value is -1.31. The first-order chi connectivity index (χ1) is 12.5. The van der Waals surface area contributed by atoms with Gasteiger partial charge in [-0.25, -0.2) is 8.42 Å². The standard InChI is InChI=1S/C18H19Cl3N2O3S/c1-23(2)18(20,21)17(22-16(24)12-13-6-4-3-5-7-13)27(25,26)15-10-8-14(19)9-11-15/h3-11,17H,12H2,1-2H3,(H,22,24). The molecule has 1 unspecified atom stereocenters. The van der Waals surface area contributed by atoms with Gasteiger partial charge in [-0.2, -0.15) is 0 Å². The van der Waals surface area contributed by atoms with E-state index in [1.165, 1.54) is 43.3 Å². The highest BCUT2D eigenvalue weighted by Gasteiger charge is 2.47.